The van der Waals surface area contributed by atoms with E-state index in [1.807, 2.05) is 6.92 Å². The van der Waals surface area contributed by atoms with Gasteiger partial charge < -0.3 is 9.47 Å². The van der Waals surface area contributed by atoms with E-state index in [1.165, 1.54) is 13.2 Å². The van der Waals surface area contributed by atoms with Crippen molar-refractivity contribution in [3.8, 4) is 11.5 Å². The minimum absolute atomic E-state index is 0.176. The summed E-state index contributed by atoms with van der Waals surface area (Å²) in [7, 11) is 1.49. The zero-order valence-electron chi connectivity index (χ0n) is 15.2. The fraction of sp³-hybridized carbons (Fsp3) is 0.150. The van der Waals surface area contributed by atoms with Crippen molar-refractivity contribution < 1.29 is 23.9 Å². The number of nitrogens with zero attached hydrogens (tertiary/aromatic N) is 1. The van der Waals surface area contributed by atoms with Gasteiger partial charge in [0.15, 0.2) is 0 Å². The Hall–Kier alpha value is -3.13. The van der Waals surface area contributed by atoms with Gasteiger partial charge in [0.25, 0.3) is 11.8 Å². The maximum Gasteiger partial charge on any atom is 0.335 e. The molecule has 0 unspecified atom stereocenters. The maximum atomic E-state index is 12.9. The van der Waals surface area contributed by atoms with Crippen LogP contribution in [0.4, 0.5) is 10.5 Å². The Morgan fingerprint density at radius 2 is 1.82 bits per heavy atom. The van der Waals surface area contributed by atoms with Crippen LogP contribution < -0.4 is 19.7 Å². The number of nitrogens with one attached hydrogen (secondary N) is 1. The summed E-state index contributed by atoms with van der Waals surface area (Å²) < 4.78 is 11.4. The number of hydrogen-bond acceptors (Lipinski definition) is 5. The average molecular weight is 445 g/mol. The van der Waals surface area contributed by atoms with Gasteiger partial charge >= 0.3 is 6.03 Å². The van der Waals surface area contributed by atoms with Gasteiger partial charge in [0.2, 0.25) is 0 Å². The van der Waals surface area contributed by atoms with Gasteiger partial charge in [0.05, 0.1) is 19.4 Å². The smallest absolute Gasteiger partial charge is 0.335 e. The first-order valence-corrected chi connectivity index (χ1v) is 9.21. The third-order valence-electron chi connectivity index (χ3n) is 4.00. The summed E-state index contributed by atoms with van der Waals surface area (Å²) in [4.78, 5) is 38.4. The van der Waals surface area contributed by atoms with Crippen molar-refractivity contribution in [3.63, 3.8) is 0 Å². The zero-order chi connectivity index (χ0) is 20.3. The summed E-state index contributed by atoms with van der Waals surface area (Å²) in [5.74, 6) is -0.387. The maximum absolute atomic E-state index is 12.9. The van der Waals surface area contributed by atoms with Crippen molar-refractivity contribution in [1.82, 2.24) is 5.32 Å². The minimum Gasteiger partial charge on any atom is -0.496 e. The number of halogens is 1. The SMILES string of the molecule is CCOc1ccc(N2C(=O)NC(=O)/C(=C\c3cc(Br)ccc3OC)C2=O)cc1. The average Bonchev–Trinajstić information content (AvgIpc) is 2.67. The normalized spacial score (nSPS) is 15.6. The lowest BCUT2D eigenvalue weighted by Crippen LogP contribution is -2.54. The fourth-order valence-corrected chi connectivity index (χ4v) is 3.10. The Labute approximate surface area is 170 Å². The molecule has 7 nitrogen and oxygen atoms in total. The Balaban J connectivity index is 1.99. The number of amides is 4. The van der Waals surface area contributed by atoms with E-state index < -0.39 is 17.8 Å². The number of ether oxygens (including phenoxy) is 2. The number of carbonyl (C=O) groups is 3. The Morgan fingerprint density at radius 3 is 2.46 bits per heavy atom. The summed E-state index contributed by atoms with van der Waals surface area (Å²) in [5, 5.41) is 2.20. The molecule has 2 aromatic rings. The van der Waals surface area contributed by atoms with E-state index in [4.69, 9.17) is 9.47 Å². The molecule has 144 valence electrons. The van der Waals surface area contributed by atoms with Crippen LogP contribution in [0.3, 0.4) is 0 Å². The first-order valence-electron chi connectivity index (χ1n) is 8.42. The molecule has 0 aliphatic carbocycles. The van der Waals surface area contributed by atoms with Gasteiger partial charge in [-0.15, -0.1) is 0 Å². The van der Waals surface area contributed by atoms with Gasteiger partial charge in [0.1, 0.15) is 17.1 Å². The number of anilines is 1. The lowest BCUT2D eigenvalue weighted by Gasteiger charge is -2.26. The van der Waals surface area contributed by atoms with Crippen LogP contribution in [0.15, 0.2) is 52.5 Å². The van der Waals surface area contributed by atoms with Gasteiger partial charge in [-0.25, -0.2) is 9.69 Å². The molecule has 28 heavy (non-hydrogen) atoms. The highest BCUT2D eigenvalue weighted by Gasteiger charge is 2.37. The summed E-state index contributed by atoms with van der Waals surface area (Å²) in [5.41, 5.74) is 0.673. The highest BCUT2D eigenvalue weighted by Crippen LogP contribution is 2.28. The molecule has 0 aromatic heterocycles. The lowest BCUT2D eigenvalue weighted by molar-refractivity contribution is -0.122. The molecule has 3 rings (SSSR count). The second-order valence-corrected chi connectivity index (χ2v) is 6.69. The molecule has 1 aliphatic heterocycles. The molecule has 0 bridgehead atoms. The van der Waals surface area contributed by atoms with Gasteiger partial charge in [-0.1, -0.05) is 15.9 Å². The van der Waals surface area contributed by atoms with Crippen molar-refractivity contribution in [2.45, 2.75) is 6.92 Å². The molecule has 1 N–H and O–H groups in total. The number of urea groups is 1. The standard InChI is InChI=1S/C20H17BrN2O5/c1-3-28-15-7-5-14(6-8-15)23-19(25)16(18(24)22-20(23)26)11-12-10-13(21)4-9-17(12)27-2/h4-11H,3H2,1-2H3,(H,22,24,26)/b16-11+. The van der Waals surface area contributed by atoms with Gasteiger partial charge in [0, 0.05) is 10.0 Å². The van der Waals surface area contributed by atoms with Gasteiger partial charge in [-0.2, -0.15) is 0 Å². The predicted octanol–water partition coefficient (Wildman–Crippen LogP) is 3.52. The molecule has 0 radical (unpaired) electrons. The summed E-state index contributed by atoms with van der Waals surface area (Å²) >= 11 is 3.35. The van der Waals surface area contributed by atoms with E-state index in [2.05, 4.69) is 21.2 Å². The highest BCUT2D eigenvalue weighted by atomic mass is 79.9. The van der Waals surface area contributed by atoms with Crippen LogP contribution in [0, 0.1) is 0 Å². The van der Waals surface area contributed by atoms with Crippen molar-refractivity contribution in [1.29, 1.82) is 0 Å². The molecular weight excluding hydrogens is 428 g/mol. The number of barbiturate groups is 1. The van der Waals surface area contributed by atoms with E-state index in [0.29, 0.717) is 29.4 Å². The van der Waals surface area contributed by atoms with Crippen LogP contribution in [-0.2, 0) is 9.59 Å². The molecule has 1 saturated heterocycles. The first kappa shape index (κ1) is 19.6. The Morgan fingerprint density at radius 1 is 1.11 bits per heavy atom. The number of benzene rings is 2. The fourth-order valence-electron chi connectivity index (χ4n) is 2.72. The third kappa shape index (κ3) is 3.91. The highest BCUT2D eigenvalue weighted by molar-refractivity contribution is 9.10. The van der Waals surface area contributed by atoms with E-state index in [0.717, 1.165) is 9.37 Å². The molecule has 0 spiro atoms. The Kier molecular flexibility index (Phi) is 5.79. The van der Waals surface area contributed by atoms with Crippen molar-refractivity contribution in [2.24, 2.45) is 0 Å². The third-order valence-corrected chi connectivity index (χ3v) is 4.49. The molecular formula is C20H17BrN2O5. The molecule has 1 heterocycles. The number of methoxy groups -OCH3 is 1. The van der Waals surface area contributed by atoms with E-state index >= 15 is 0 Å². The first-order chi connectivity index (χ1) is 13.4. The van der Waals surface area contributed by atoms with Crippen molar-refractivity contribution in [2.75, 3.05) is 18.6 Å². The summed E-state index contributed by atoms with van der Waals surface area (Å²) in [6.07, 6.45) is 1.40. The predicted molar refractivity (Wildman–Crippen MR) is 107 cm³/mol. The molecule has 0 saturated carbocycles. The van der Waals surface area contributed by atoms with Crippen LogP contribution in [-0.4, -0.2) is 31.6 Å². The van der Waals surface area contributed by atoms with Crippen LogP contribution in [0.5, 0.6) is 11.5 Å². The monoisotopic (exact) mass is 444 g/mol. The van der Waals surface area contributed by atoms with Gasteiger partial charge in [-0.3, -0.25) is 14.9 Å². The minimum atomic E-state index is -0.808. The number of imide groups is 2. The lowest BCUT2D eigenvalue weighted by atomic mass is 10.1. The second-order valence-electron chi connectivity index (χ2n) is 5.77. The molecule has 4 amide bonds. The van der Waals surface area contributed by atoms with E-state index in [-0.39, 0.29) is 5.57 Å². The molecule has 1 fully saturated rings. The molecule has 1 aliphatic rings. The number of carbonyl (C=O) groups excluding carboxylic acids is 3. The van der Waals surface area contributed by atoms with Crippen LogP contribution in [0.1, 0.15) is 12.5 Å². The van der Waals surface area contributed by atoms with E-state index in [9.17, 15) is 14.4 Å². The van der Waals surface area contributed by atoms with Crippen molar-refractivity contribution >= 4 is 45.5 Å². The number of rotatable bonds is 5. The topological polar surface area (TPSA) is 84.9 Å². The summed E-state index contributed by atoms with van der Waals surface area (Å²) in [6, 6.07) is 10.8. The molecule has 8 heteroatoms. The number of hydrogen-bond donors (Lipinski definition) is 1. The van der Waals surface area contributed by atoms with Crippen LogP contribution in [0.2, 0.25) is 0 Å². The summed E-state index contributed by atoms with van der Waals surface area (Å²) in [6.45, 7) is 2.35. The quantitative estimate of drug-likeness (QED) is 0.563. The Bertz CT molecular complexity index is 969. The molecule has 2 aromatic carbocycles. The van der Waals surface area contributed by atoms with E-state index in [1.54, 1.807) is 42.5 Å². The zero-order valence-corrected chi connectivity index (χ0v) is 16.8. The van der Waals surface area contributed by atoms with Crippen molar-refractivity contribution in [3.05, 3.63) is 58.1 Å². The van der Waals surface area contributed by atoms with Crippen LogP contribution >= 0.6 is 15.9 Å². The van der Waals surface area contributed by atoms with Gasteiger partial charge in [-0.05, 0) is 55.5 Å². The molecule has 0 atom stereocenters. The van der Waals surface area contributed by atoms with Crippen LogP contribution in [0.25, 0.3) is 6.08 Å². The second kappa shape index (κ2) is 8.26. The largest absolute Gasteiger partial charge is 0.496 e.